The number of nitrogens with one attached hydrogen (secondary N) is 1. The molecule has 0 spiro atoms. The zero-order valence-corrected chi connectivity index (χ0v) is 15.6. The molecule has 0 bridgehead atoms. The van der Waals surface area contributed by atoms with Crippen LogP contribution in [0, 0.1) is 6.92 Å². The molecule has 1 unspecified atom stereocenters. The minimum atomic E-state index is -0.660. The lowest BCUT2D eigenvalue weighted by molar-refractivity contribution is -0.117. The number of carbonyl (C=O) groups excluding carboxylic acids is 1. The van der Waals surface area contributed by atoms with Crippen molar-refractivity contribution < 1.29 is 4.79 Å². The summed E-state index contributed by atoms with van der Waals surface area (Å²) in [4.78, 5) is 14.9. The zero-order valence-electron chi connectivity index (χ0n) is 15.6. The number of carbonyl (C=O) groups is 1. The van der Waals surface area contributed by atoms with Crippen LogP contribution >= 0.6 is 0 Å². The van der Waals surface area contributed by atoms with Gasteiger partial charge in [0.25, 0.3) is 0 Å². The molecule has 26 heavy (non-hydrogen) atoms. The van der Waals surface area contributed by atoms with Crippen LogP contribution in [-0.2, 0) is 11.3 Å². The van der Waals surface area contributed by atoms with Gasteiger partial charge in [-0.2, -0.15) is 0 Å². The molecule has 138 valence electrons. The van der Waals surface area contributed by atoms with Crippen LogP contribution in [0.25, 0.3) is 0 Å². The number of hydrogen-bond acceptors (Lipinski definition) is 3. The fraction of sp³-hybridized carbons (Fsp3) is 0.409. The number of nitrogens with zero attached hydrogens (tertiary/aromatic N) is 1. The highest BCUT2D eigenvalue weighted by atomic mass is 16.2. The first-order valence-corrected chi connectivity index (χ1v) is 9.56. The molecule has 0 saturated carbocycles. The van der Waals surface area contributed by atoms with E-state index in [1.54, 1.807) is 0 Å². The Hall–Kier alpha value is -2.17. The van der Waals surface area contributed by atoms with Crippen LogP contribution in [0.4, 0.5) is 5.69 Å². The van der Waals surface area contributed by atoms with Crippen molar-refractivity contribution in [3.8, 4) is 0 Å². The van der Waals surface area contributed by atoms with Crippen molar-refractivity contribution >= 4 is 11.6 Å². The van der Waals surface area contributed by atoms with E-state index in [1.807, 2.05) is 43.3 Å². The first kappa shape index (κ1) is 18.6. The maximum atomic E-state index is 12.4. The van der Waals surface area contributed by atoms with Crippen LogP contribution in [0.3, 0.4) is 0 Å². The number of nitrogens with two attached hydrogens (primary N) is 1. The van der Waals surface area contributed by atoms with E-state index >= 15 is 0 Å². The molecular formula is C22H29N3O. The maximum Gasteiger partial charge on any atom is 0.245 e. The van der Waals surface area contributed by atoms with Crippen molar-refractivity contribution in [3.05, 3.63) is 65.2 Å². The van der Waals surface area contributed by atoms with E-state index in [1.165, 1.54) is 44.3 Å². The van der Waals surface area contributed by atoms with Crippen LogP contribution in [-0.4, -0.2) is 23.9 Å². The predicted molar refractivity (Wildman–Crippen MR) is 107 cm³/mol. The quantitative estimate of drug-likeness (QED) is 0.856. The van der Waals surface area contributed by atoms with Crippen molar-refractivity contribution in [2.24, 2.45) is 5.73 Å². The molecule has 1 amide bonds. The number of benzene rings is 2. The minimum Gasteiger partial charge on any atom is -0.324 e. The topological polar surface area (TPSA) is 58.4 Å². The molecule has 1 aliphatic heterocycles. The smallest absolute Gasteiger partial charge is 0.245 e. The van der Waals surface area contributed by atoms with Crippen LogP contribution in [0.2, 0.25) is 0 Å². The summed E-state index contributed by atoms with van der Waals surface area (Å²) < 4.78 is 0. The third-order valence-corrected chi connectivity index (χ3v) is 5.05. The summed E-state index contributed by atoms with van der Waals surface area (Å²) >= 11 is 0. The Morgan fingerprint density at radius 1 is 1.00 bits per heavy atom. The van der Waals surface area contributed by atoms with Gasteiger partial charge in [-0.25, -0.2) is 0 Å². The lowest BCUT2D eigenvalue weighted by atomic mass is 10.1. The number of amides is 1. The fourth-order valence-corrected chi connectivity index (χ4v) is 3.39. The lowest BCUT2D eigenvalue weighted by Crippen LogP contribution is -2.27. The maximum absolute atomic E-state index is 12.4. The Morgan fingerprint density at radius 2 is 1.62 bits per heavy atom. The van der Waals surface area contributed by atoms with Crippen molar-refractivity contribution in [2.75, 3.05) is 18.4 Å². The van der Waals surface area contributed by atoms with E-state index in [0.29, 0.717) is 0 Å². The molecule has 2 aromatic rings. The Kier molecular flexibility index (Phi) is 6.42. The molecule has 2 aromatic carbocycles. The fourth-order valence-electron chi connectivity index (χ4n) is 3.39. The van der Waals surface area contributed by atoms with Crippen molar-refractivity contribution in [1.82, 2.24) is 4.90 Å². The first-order valence-electron chi connectivity index (χ1n) is 9.56. The molecular weight excluding hydrogens is 322 g/mol. The molecule has 0 aliphatic carbocycles. The lowest BCUT2D eigenvalue weighted by Gasteiger charge is -2.20. The summed E-state index contributed by atoms with van der Waals surface area (Å²) in [5, 5.41) is 2.92. The monoisotopic (exact) mass is 351 g/mol. The highest BCUT2D eigenvalue weighted by Crippen LogP contribution is 2.17. The number of rotatable bonds is 5. The Morgan fingerprint density at radius 3 is 2.23 bits per heavy atom. The van der Waals surface area contributed by atoms with Crippen LogP contribution in [0.15, 0.2) is 48.5 Å². The normalized spacial score (nSPS) is 16.7. The van der Waals surface area contributed by atoms with E-state index in [4.69, 9.17) is 5.73 Å². The molecule has 1 aliphatic rings. The zero-order chi connectivity index (χ0) is 18.4. The van der Waals surface area contributed by atoms with Gasteiger partial charge in [-0.3, -0.25) is 9.69 Å². The molecule has 1 fully saturated rings. The van der Waals surface area contributed by atoms with Crippen molar-refractivity contribution in [3.63, 3.8) is 0 Å². The van der Waals surface area contributed by atoms with Gasteiger partial charge >= 0.3 is 0 Å². The Balaban J connectivity index is 1.56. The average molecular weight is 351 g/mol. The predicted octanol–water partition coefficient (Wildman–Crippen LogP) is 4.01. The number of anilines is 1. The van der Waals surface area contributed by atoms with Gasteiger partial charge in [0, 0.05) is 12.2 Å². The van der Waals surface area contributed by atoms with E-state index in [-0.39, 0.29) is 5.91 Å². The van der Waals surface area contributed by atoms with E-state index in [9.17, 15) is 4.79 Å². The first-order chi connectivity index (χ1) is 12.6. The van der Waals surface area contributed by atoms with Gasteiger partial charge in [0.2, 0.25) is 5.91 Å². The number of aryl methyl sites for hydroxylation is 1. The SMILES string of the molecule is Cc1ccc(C(N)C(=O)Nc2ccc(CN3CCCCCC3)cc2)cc1. The second kappa shape index (κ2) is 8.97. The largest absolute Gasteiger partial charge is 0.324 e. The standard InChI is InChI=1S/C22H29N3O/c1-17-6-10-19(11-7-17)21(23)22(26)24-20-12-8-18(9-13-20)16-25-14-4-2-3-5-15-25/h6-13,21H,2-5,14-16,23H2,1H3,(H,24,26). The van der Waals surface area contributed by atoms with Crippen LogP contribution < -0.4 is 11.1 Å². The second-order valence-corrected chi connectivity index (χ2v) is 7.26. The molecule has 1 saturated heterocycles. The van der Waals surface area contributed by atoms with E-state index in [2.05, 4.69) is 22.3 Å². The minimum absolute atomic E-state index is 0.186. The third-order valence-electron chi connectivity index (χ3n) is 5.05. The number of likely N-dealkylation sites (tertiary alicyclic amines) is 1. The summed E-state index contributed by atoms with van der Waals surface area (Å²) in [6.07, 6.45) is 5.29. The van der Waals surface area contributed by atoms with Gasteiger partial charge in [-0.1, -0.05) is 54.8 Å². The number of hydrogen-bond donors (Lipinski definition) is 2. The summed E-state index contributed by atoms with van der Waals surface area (Å²) in [5.41, 5.74) is 10.1. The molecule has 4 heteroatoms. The van der Waals surface area contributed by atoms with Gasteiger partial charge in [0.1, 0.15) is 6.04 Å². The second-order valence-electron chi connectivity index (χ2n) is 7.26. The molecule has 4 nitrogen and oxygen atoms in total. The van der Waals surface area contributed by atoms with Gasteiger partial charge in [0.15, 0.2) is 0 Å². The molecule has 3 rings (SSSR count). The summed E-state index contributed by atoms with van der Waals surface area (Å²) in [7, 11) is 0. The highest BCUT2D eigenvalue weighted by molar-refractivity contribution is 5.95. The summed E-state index contributed by atoms with van der Waals surface area (Å²) in [6, 6.07) is 15.2. The summed E-state index contributed by atoms with van der Waals surface area (Å²) in [6.45, 7) is 5.37. The average Bonchev–Trinajstić information content (AvgIpc) is 2.92. The van der Waals surface area contributed by atoms with Crippen LogP contribution in [0.5, 0.6) is 0 Å². The van der Waals surface area contributed by atoms with Gasteiger partial charge in [-0.05, 0) is 56.1 Å². The Bertz CT molecular complexity index is 701. The third kappa shape index (κ3) is 5.16. The van der Waals surface area contributed by atoms with E-state index in [0.717, 1.165) is 23.4 Å². The van der Waals surface area contributed by atoms with Crippen LogP contribution in [0.1, 0.15) is 48.4 Å². The van der Waals surface area contributed by atoms with Crippen molar-refractivity contribution in [1.29, 1.82) is 0 Å². The molecule has 1 atom stereocenters. The van der Waals surface area contributed by atoms with Gasteiger partial charge < -0.3 is 11.1 Å². The van der Waals surface area contributed by atoms with Gasteiger partial charge in [-0.15, -0.1) is 0 Å². The van der Waals surface area contributed by atoms with Crippen molar-refractivity contribution in [2.45, 2.75) is 45.2 Å². The molecule has 1 heterocycles. The Labute approximate surface area is 156 Å². The highest BCUT2D eigenvalue weighted by Gasteiger charge is 2.16. The molecule has 3 N–H and O–H groups in total. The molecule has 0 aromatic heterocycles. The van der Waals surface area contributed by atoms with Gasteiger partial charge in [0.05, 0.1) is 0 Å². The van der Waals surface area contributed by atoms with E-state index < -0.39 is 6.04 Å². The summed E-state index contributed by atoms with van der Waals surface area (Å²) in [5.74, 6) is -0.186. The molecule has 0 radical (unpaired) electrons.